The number of aromatic hydroxyl groups is 1. The average Bonchev–Trinajstić information content (AvgIpc) is 2.87. The molecule has 0 bridgehead atoms. The summed E-state index contributed by atoms with van der Waals surface area (Å²) in [5.41, 5.74) is 6.31. The first-order chi connectivity index (χ1) is 18.1. The summed E-state index contributed by atoms with van der Waals surface area (Å²) in [6.45, 7) is 6.35. The van der Waals surface area contributed by atoms with Gasteiger partial charge in [0.1, 0.15) is 22.1 Å². The molecule has 9 nitrogen and oxygen atoms in total. The standard InChI is InChI=1S/C27H27ClN6O3S/c1-27(2)9-12-33(13-10-27)20-15-30-25(23(29)31-20)38-18-7-5-6-16(22(18)28)14-17(35)21-24(36)32-19-8-3-4-11-34(19)26(21)37/h3-8,11,15,36H,9-10,12-14H2,1-2H3,(H2,29,31). The van der Waals surface area contributed by atoms with Gasteiger partial charge < -0.3 is 15.7 Å². The van der Waals surface area contributed by atoms with Gasteiger partial charge in [-0.3, -0.25) is 14.0 Å². The maximum Gasteiger partial charge on any atom is 0.272 e. The lowest BCUT2D eigenvalue weighted by Gasteiger charge is -2.37. The molecule has 38 heavy (non-hydrogen) atoms. The van der Waals surface area contributed by atoms with Gasteiger partial charge in [0.05, 0.1) is 11.2 Å². The van der Waals surface area contributed by atoms with Crippen LogP contribution in [0.15, 0.2) is 63.5 Å². The van der Waals surface area contributed by atoms with Crippen LogP contribution in [0.2, 0.25) is 5.02 Å². The highest BCUT2D eigenvalue weighted by Gasteiger charge is 2.27. The van der Waals surface area contributed by atoms with E-state index in [2.05, 4.69) is 33.7 Å². The van der Waals surface area contributed by atoms with E-state index < -0.39 is 17.2 Å². The Kier molecular flexibility index (Phi) is 7.02. The molecule has 11 heteroatoms. The van der Waals surface area contributed by atoms with Crippen molar-refractivity contribution in [1.29, 1.82) is 0 Å². The summed E-state index contributed by atoms with van der Waals surface area (Å²) >= 11 is 7.92. The normalized spacial score (nSPS) is 15.1. The smallest absolute Gasteiger partial charge is 0.272 e. The van der Waals surface area contributed by atoms with Crippen LogP contribution in [-0.2, 0) is 6.42 Å². The maximum atomic E-state index is 13.1. The molecule has 3 N–H and O–H groups in total. The minimum absolute atomic E-state index is 0.192. The second-order valence-corrected chi connectivity index (χ2v) is 11.5. The molecule has 0 radical (unpaired) electrons. The van der Waals surface area contributed by atoms with Gasteiger partial charge in [0.25, 0.3) is 5.56 Å². The summed E-state index contributed by atoms with van der Waals surface area (Å²) in [7, 11) is 0. The second kappa shape index (κ2) is 10.3. The molecular formula is C27H27ClN6O3S. The number of ketones is 1. The van der Waals surface area contributed by atoms with Crippen molar-refractivity contribution < 1.29 is 9.90 Å². The Balaban J connectivity index is 1.35. The summed E-state index contributed by atoms with van der Waals surface area (Å²) in [6.07, 6.45) is 5.18. The molecule has 1 aliphatic rings. The van der Waals surface area contributed by atoms with Crippen molar-refractivity contribution in [2.24, 2.45) is 5.41 Å². The van der Waals surface area contributed by atoms with Crippen LogP contribution in [-0.4, -0.2) is 43.3 Å². The van der Waals surface area contributed by atoms with E-state index in [1.165, 1.54) is 22.4 Å². The molecule has 4 heterocycles. The van der Waals surface area contributed by atoms with Gasteiger partial charge in [-0.25, -0.2) is 9.97 Å². The van der Waals surface area contributed by atoms with Gasteiger partial charge in [-0.05, 0) is 42.0 Å². The van der Waals surface area contributed by atoms with Crippen molar-refractivity contribution in [3.05, 3.63) is 75.3 Å². The summed E-state index contributed by atoms with van der Waals surface area (Å²) < 4.78 is 1.22. The van der Waals surface area contributed by atoms with E-state index in [1.54, 1.807) is 42.6 Å². The third-order valence-electron chi connectivity index (χ3n) is 6.79. The zero-order valence-corrected chi connectivity index (χ0v) is 22.6. The molecule has 1 aliphatic heterocycles. The first-order valence-corrected chi connectivity index (χ1v) is 13.4. The fourth-order valence-corrected chi connectivity index (χ4v) is 5.55. The highest BCUT2D eigenvalue weighted by Crippen LogP contribution is 2.38. The largest absolute Gasteiger partial charge is 0.493 e. The Labute approximate surface area is 228 Å². The number of nitrogen functional groups attached to an aromatic ring is 1. The van der Waals surface area contributed by atoms with Crippen molar-refractivity contribution in [3.8, 4) is 5.88 Å². The average molecular weight is 551 g/mol. The highest BCUT2D eigenvalue weighted by atomic mass is 35.5. The topological polar surface area (TPSA) is 127 Å². The number of rotatable bonds is 6. The summed E-state index contributed by atoms with van der Waals surface area (Å²) in [6, 6.07) is 10.2. The Morgan fingerprint density at radius 2 is 1.92 bits per heavy atom. The number of carbonyl (C=O) groups is 1. The van der Waals surface area contributed by atoms with Gasteiger partial charge in [-0.15, -0.1) is 0 Å². The van der Waals surface area contributed by atoms with E-state index in [4.69, 9.17) is 17.3 Å². The number of piperidine rings is 1. The van der Waals surface area contributed by atoms with Crippen LogP contribution >= 0.6 is 23.4 Å². The van der Waals surface area contributed by atoms with Gasteiger partial charge in [-0.2, -0.15) is 4.98 Å². The van der Waals surface area contributed by atoms with Crippen molar-refractivity contribution in [1.82, 2.24) is 19.4 Å². The number of hydrogen-bond acceptors (Lipinski definition) is 9. The minimum Gasteiger partial charge on any atom is -0.493 e. The number of benzene rings is 1. The molecule has 1 fully saturated rings. The van der Waals surface area contributed by atoms with Gasteiger partial charge in [0.15, 0.2) is 11.6 Å². The molecule has 0 saturated carbocycles. The number of aromatic nitrogens is 4. The maximum absolute atomic E-state index is 13.1. The summed E-state index contributed by atoms with van der Waals surface area (Å²) in [5.74, 6) is -0.137. The van der Waals surface area contributed by atoms with Crippen LogP contribution in [0.5, 0.6) is 5.88 Å². The number of pyridine rings is 1. The van der Waals surface area contributed by atoms with Crippen LogP contribution < -0.4 is 16.2 Å². The monoisotopic (exact) mass is 550 g/mol. The SMILES string of the molecule is CC1(C)CCN(c2cnc(Sc3cccc(CC(=O)c4c(O)nc5ccccn5c4=O)c3Cl)c(N)n2)CC1. The lowest BCUT2D eigenvalue weighted by atomic mass is 9.83. The number of carbonyl (C=O) groups excluding carboxylic acids is 1. The number of Topliss-reactive ketones (excluding diaryl/α,β-unsaturated/α-hetero) is 1. The van der Waals surface area contributed by atoms with Crippen molar-refractivity contribution in [2.45, 2.75) is 43.0 Å². The number of hydrogen-bond donors (Lipinski definition) is 2. The quantitative estimate of drug-likeness (QED) is 0.330. The number of fused-ring (bicyclic) bond motifs is 1. The van der Waals surface area contributed by atoms with E-state index in [0.29, 0.717) is 31.7 Å². The van der Waals surface area contributed by atoms with Crippen molar-refractivity contribution >= 4 is 46.4 Å². The molecule has 1 saturated heterocycles. The van der Waals surface area contributed by atoms with E-state index in [1.807, 2.05) is 0 Å². The Morgan fingerprint density at radius 1 is 1.16 bits per heavy atom. The summed E-state index contributed by atoms with van der Waals surface area (Å²) in [4.78, 5) is 41.9. The first-order valence-electron chi connectivity index (χ1n) is 12.2. The predicted molar refractivity (Wildman–Crippen MR) is 148 cm³/mol. The number of anilines is 2. The van der Waals surface area contributed by atoms with Gasteiger partial charge >= 0.3 is 0 Å². The molecule has 5 rings (SSSR count). The lowest BCUT2D eigenvalue weighted by molar-refractivity contribution is 0.0988. The second-order valence-electron chi connectivity index (χ2n) is 10.0. The molecule has 1 aromatic carbocycles. The van der Waals surface area contributed by atoms with E-state index in [9.17, 15) is 14.7 Å². The first kappa shape index (κ1) is 26.0. The van der Waals surface area contributed by atoms with Crippen LogP contribution in [0, 0.1) is 5.41 Å². The van der Waals surface area contributed by atoms with E-state index in [-0.39, 0.29) is 17.6 Å². The highest BCUT2D eigenvalue weighted by molar-refractivity contribution is 7.99. The molecular weight excluding hydrogens is 524 g/mol. The lowest BCUT2D eigenvalue weighted by Crippen LogP contribution is -2.37. The molecule has 3 aromatic heterocycles. The summed E-state index contributed by atoms with van der Waals surface area (Å²) in [5, 5.41) is 11.2. The minimum atomic E-state index is -0.639. The molecule has 196 valence electrons. The zero-order chi connectivity index (χ0) is 27.0. The molecule has 0 amide bonds. The van der Waals surface area contributed by atoms with Gasteiger partial charge in [0, 0.05) is 30.6 Å². The Bertz CT molecular complexity index is 1600. The van der Waals surface area contributed by atoms with E-state index >= 15 is 0 Å². The predicted octanol–water partition coefficient (Wildman–Crippen LogP) is 4.63. The molecule has 0 atom stereocenters. The van der Waals surface area contributed by atoms with E-state index in [0.717, 1.165) is 31.7 Å². The van der Waals surface area contributed by atoms with Crippen LogP contribution in [0.1, 0.15) is 42.6 Å². The molecule has 0 aliphatic carbocycles. The van der Waals surface area contributed by atoms with Crippen LogP contribution in [0.4, 0.5) is 11.6 Å². The molecule has 0 unspecified atom stereocenters. The zero-order valence-electron chi connectivity index (χ0n) is 21.0. The van der Waals surface area contributed by atoms with Crippen LogP contribution in [0.25, 0.3) is 5.65 Å². The van der Waals surface area contributed by atoms with Crippen molar-refractivity contribution in [3.63, 3.8) is 0 Å². The Morgan fingerprint density at radius 3 is 2.66 bits per heavy atom. The number of nitrogens with two attached hydrogens (primary N) is 1. The fourth-order valence-electron chi connectivity index (χ4n) is 4.41. The number of halogens is 1. The van der Waals surface area contributed by atoms with Gasteiger partial charge in [0.2, 0.25) is 5.88 Å². The molecule has 0 spiro atoms. The van der Waals surface area contributed by atoms with Crippen LogP contribution in [0.3, 0.4) is 0 Å². The molecule has 4 aromatic rings. The Hall–Kier alpha value is -3.63. The van der Waals surface area contributed by atoms with Gasteiger partial charge in [-0.1, -0.05) is 55.4 Å². The third kappa shape index (κ3) is 5.19. The van der Waals surface area contributed by atoms with Crippen molar-refractivity contribution in [2.75, 3.05) is 23.7 Å². The third-order valence-corrected chi connectivity index (χ3v) is 8.41. The fraction of sp³-hybridized carbons (Fsp3) is 0.296. The number of nitrogens with zero attached hydrogens (tertiary/aromatic N) is 5.